The van der Waals surface area contributed by atoms with Gasteiger partial charge in [0.1, 0.15) is 0 Å². The number of hydrogen-bond donors (Lipinski definition) is 0. The average molecular weight is 198 g/mol. The molecule has 0 spiro atoms. The predicted octanol–water partition coefficient (Wildman–Crippen LogP) is 3.26. The molecule has 0 unspecified atom stereocenters. The molecule has 0 aromatic rings. The first-order valence-electron chi connectivity index (χ1n) is 3.29. The highest BCUT2D eigenvalue weighted by Crippen LogP contribution is 2.23. The van der Waals surface area contributed by atoms with E-state index in [1.165, 1.54) is 33.5 Å². The zero-order valence-electron chi connectivity index (χ0n) is 6.01. The number of rotatable bonds is 7. The Morgan fingerprint density at radius 1 is 1.50 bits per heavy atom. The molecule has 1 radical (unpaired) electrons. The van der Waals surface area contributed by atoms with Crippen molar-refractivity contribution in [2.24, 2.45) is 0 Å². The Balaban J connectivity index is 2.65. The molecule has 0 N–H and O–H groups in total. The summed E-state index contributed by atoms with van der Waals surface area (Å²) in [4.78, 5) is 0. The molecule has 0 amide bonds. The van der Waals surface area contributed by atoms with Gasteiger partial charge in [0.25, 0.3) is 0 Å². The third kappa shape index (κ3) is 9.01. The van der Waals surface area contributed by atoms with Crippen LogP contribution in [0.25, 0.3) is 0 Å². The minimum absolute atomic E-state index is 0.818. The van der Waals surface area contributed by atoms with E-state index >= 15 is 0 Å². The predicted molar refractivity (Wildman–Crippen MR) is 52.3 cm³/mol. The van der Waals surface area contributed by atoms with Crippen LogP contribution in [0, 0.1) is 0 Å². The van der Waals surface area contributed by atoms with Gasteiger partial charge in [-0.15, -0.1) is 0 Å². The summed E-state index contributed by atoms with van der Waals surface area (Å²) < 4.78 is 5.11. The van der Waals surface area contributed by atoms with Crippen LogP contribution in [0.1, 0.15) is 26.2 Å². The second kappa shape index (κ2) is 10.0. The summed E-state index contributed by atoms with van der Waals surface area (Å²) >= 11 is 0. The standard InChI is InChI=1S/C5H11BClOS2/c1-2-3-4-5-8-6-9-10-7/h2-5H2,1H3. The molecule has 0 saturated carbocycles. The van der Waals surface area contributed by atoms with Crippen molar-refractivity contribution in [3.8, 4) is 0 Å². The lowest BCUT2D eigenvalue weighted by Gasteiger charge is -1.98. The molecular formula is C5H11BClOS2. The molecule has 0 rings (SSSR count). The molecule has 1 nitrogen and oxygen atoms in total. The van der Waals surface area contributed by atoms with Gasteiger partial charge in [0.15, 0.2) is 0 Å². The number of unbranched alkanes of at least 4 members (excludes halogenated alkanes) is 2. The van der Waals surface area contributed by atoms with Gasteiger partial charge in [-0.05, 0) is 17.1 Å². The van der Waals surface area contributed by atoms with Gasteiger partial charge in [-0.2, -0.15) is 0 Å². The maximum atomic E-state index is 5.31. The van der Waals surface area contributed by atoms with Gasteiger partial charge in [-0.1, -0.05) is 30.4 Å². The van der Waals surface area contributed by atoms with Crippen molar-refractivity contribution in [3.63, 3.8) is 0 Å². The van der Waals surface area contributed by atoms with Crippen LogP contribution in [0.15, 0.2) is 0 Å². The van der Waals surface area contributed by atoms with Gasteiger partial charge in [0.2, 0.25) is 0 Å². The second-order valence-corrected chi connectivity index (χ2v) is 4.43. The largest absolute Gasteiger partial charge is 0.428 e. The van der Waals surface area contributed by atoms with Crippen LogP contribution in [0.4, 0.5) is 0 Å². The van der Waals surface area contributed by atoms with Crippen LogP contribution in [-0.2, 0) is 4.65 Å². The Labute approximate surface area is 75.7 Å². The normalized spacial score (nSPS) is 9.80. The van der Waals surface area contributed by atoms with Crippen molar-refractivity contribution in [2.75, 3.05) is 6.61 Å². The van der Waals surface area contributed by atoms with Gasteiger partial charge in [-0.3, -0.25) is 0 Å². The smallest absolute Gasteiger partial charge is 0.384 e. The van der Waals surface area contributed by atoms with E-state index in [2.05, 4.69) is 6.92 Å². The van der Waals surface area contributed by atoms with E-state index in [0.717, 1.165) is 13.0 Å². The summed E-state index contributed by atoms with van der Waals surface area (Å²) in [5.41, 5.74) is 0. The minimum Gasteiger partial charge on any atom is -0.428 e. The Bertz CT molecular complexity index is 59.6. The molecule has 0 aliphatic carbocycles. The van der Waals surface area contributed by atoms with E-state index in [0.29, 0.717) is 0 Å². The van der Waals surface area contributed by atoms with E-state index in [1.54, 1.807) is 6.76 Å². The topological polar surface area (TPSA) is 9.23 Å². The lowest BCUT2D eigenvalue weighted by atomic mass is 10.3. The summed E-state index contributed by atoms with van der Waals surface area (Å²) in [6.07, 6.45) is 3.62. The van der Waals surface area contributed by atoms with E-state index in [9.17, 15) is 0 Å². The molecular weight excluding hydrogens is 186 g/mol. The van der Waals surface area contributed by atoms with Crippen LogP contribution in [0.5, 0.6) is 0 Å². The Morgan fingerprint density at radius 3 is 2.90 bits per heavy atom. The zero-order chi connectivity index (χ0) is 7.66. The average Bonchev–Trinajstić information content (AvgIpc) is 1.97. The lowest BCUT2D eigenvalue weighted by Crippen LogP contribution is -1.95. The third-order valence-electron chi connectivity index (χ3n) is 1.01. The maximum absolute atomic E-state index is 5.31. The molecule has 59 valence electrons. The molecule has 0 saturated heterocycles. The van der Waals surface area contributed by atoms with Crippen molar-refractivity contribution in [3.05, 3.63) is 0 Å². The van der Waals surface area contributed by atoms with E-state index in [1.807, 2.05) is 0 Å². The third-order valence-corrected chi connectivity index (χ3v) is 2.41. The van der Waals surface area contributed by atoms with Crippen molar-refractivity contribution in [2.45, 2.75) is 26.2 Å². The van der Waals surface area contributed by atoms with Gasteiger partial charge in [0, 0.05) is 16.6 Å². The Kier molecular flexibility index (Phi) is 11.0. The van der Waals surface area contributed by atoms with E-state index in [-0.39, 0.29) is 0 Å². The van der Waals surface area contributed by atoms with Crippen LogP contribution in [0.3, 0.4) is 0 Å². The minimum atomic E-state index is 0.818. The fourth-order valence-corrected chi connectivity index (χ4v) is 1.23. The molecule has 0 aromatic carbocycles. The second-order valence-electron chi connectivity index (χ2n) is 1.83. The molecule has 10 heavy (non-hydrogen) atoms. The molecule has 0 aliphatic heterocycles. The number of hydrogen-bond acceptors (Lipinski definition) is 3. The van der Waals surface area contributed by atoms with Crippen molar-refractivity contribution in [1.82, 2.24) is 0 Å². The summed E-state index contributed by atoms with van der Waals surface area (Å²) in [5, 5.41) is 0. The van der Waals surface area contributed by atoms with E-state index in [4.69, 9.17) is 15.3 Å². The highest BCUT2D eigenvalue weighted by molar-refractivity contribution is 8.92. The molecule has 0 atom stereocenters. The lowest BCUT2D eigenvalue weighted by molar-refractivity contribution is 0.332. The fourth-order valence-electron chi connectivity index (χ4n) is 0.526. The maximum Gasteiger partial charge on any atom is 0.384 e. The molecule has 0 fully saturated rings. The van der Waals surface area contributed by atoms with Crippen molar-refractivity contribution >= 4 is 38.1 Å². The first-order chi connectivity index (χ1) is 4.91. The molecule has 5 heteroatoms. The molecule has 0 heterocycles. The number of halogens is 1. The van der Waals surface area contributed by atoms with Gasteiger partial charge < -0.3 is 4.65 Å². The van der Waals surface area contributed by atoms with Crippen LogP contribution in [-0.4, -0.2) is 13.4 Å². The summed E-state index contributed by atoms with van der Waals surface area (Å²) in [6.45, 7) is 4.67. The zero-order valence-corrected chi connectivity index (χ0v) is 8.40. The monoisotopic (exact) mass is 197 g/mol. The SMILES string of the molecule is CCCCCO[B]SSCl. The highest BCUT2D eigenvalue weighted by atomic mass is 35.7. The first-order valence-corrected chi connectivity index (χ1v) is 6.33. The Hall–Kier alpha value is 1.01. The first kappa shape index (κ1) is 11.0. The molecule has 0 aliphatic rings. The van der Waals surface area contributed by atoms with E-state index < -0.39 is 0 Å². The van der Waals surface area contributed by atoms with Crippen LogP contribution >= 0.6 is 31.3 Å². The van der Waals surface area contributed by atoms with Gasteiger partial charge >= 0.3 is 6.76 Å². The fraction of sp³-hybridized carbons (Fsp3) is 1.00. The highest BCUT2D eigenvalue weighted by Gasteiger charge is 1.91. The van der Waals surface area contributed by atoms with Crippen LogP contribution in [0.2, 0.25) is 0 Å². The van der Waals surface area contributed by atoms with Gasteiger partial charge in [0.05, 0.1) is 0 Å². The Morgan fingerprint density at radius 2 is 2.30 bits per heavy atom. The molecule has 0 aromatic heterocycles. The van der Waals surface area contributed by atoms with Gasteiger partial charge in [-0.25, -0.2) is 0 Å². The van der Waals surface area contributed by atoms with Crippen LogP contribution < -0.4 is 0 Å². The summed E-state index contributed by atoms with van der Waals surface area (Å²) in [6, 6.07) is 0. The molecule has 0 bridgehead atoms. The summed E-state index contributed by atoms with van der Waals surface area (Å²) in [5.74, 6) is 0. The van der Waals surface area contributed by atoms with Crippen molar-refractivity contribution in [1.29, 1.82) is 0 Å². The summed E-state index contributed by atoms with van der Waals surface area (Å²) in [7, 11) is 7.88. The quantitative estimate of drug-likeness (QED) is 0.352. The van der Waals surface area contributed by atoms with Crippen molar-refractivity contribution < 1.29 is 4.65 Å².